The Morgan fingerprint density at radius 2 is 1.87 bits per heavy atom. The molecule has 23 heavy (non-hydrogen) atoms. The molecule has 1 aromatic carbocycles. The minimum atomic E-state index is -0.833. The molecule has 0 amide bonds. The fraction of sp³-hybridized carbons (Fsp3) is 0.529. The number of hydrogen-bond acceptors (Lipinski definition) is 5. The third-order valence-electron chi connectivity index (χ3n) is 2.40. The maximum atomic E-state index is 11.7. The highest BCUT2D eigenvalue weighted by molar-refractivity contribution is 5.71. The standard InChI is InChI=1S/C15H23NO3.C2H4O2/c1-5-18-12-8-6-7-11(9-12)13(16)10-14(17)19-15(2,3)4;1-2(3)4/h6-9,13H,5,10,16H2,1-4H3;1H3,(H,3,4). The van der Waals surface area contributed by atoms with Crippen LogP contribution in [0.5, 0.6) is 5.75 Å². The summed E-state index contributed by atoms with van der Waals surface area (Å²) in [6.45, 7) is 9.13. The Labute approximate surface area is 137 Å². The fourth-order valence-corrected chi connectivity index (χ4v) is 1.68. The molecule has 0 heterocycles. The summed E-state index contributed by atoms with van der Waals surface area (Å²) in [6.07, 6.45) is 0.160. The van der Waals surface area contributed by atoms with E-state index in [1.54, 1.807) is 0 Å². The van der Waals surface area contributed by atoms with Crippen LogP contribution in [0, 0.1) is 0 Å². The van der Waals surface area contributed by atoms with E-state index in [4.69, 9.17) is 25.1 Å². The summed E-state index contributed by atoms with van der Waals surface area (Å²) in [6, 6.07) is 7.11. The maximum absolute atomic E-state index is 11.7. The molecule has 3 N–H and O–H groups in total. The number of nitrogens with two attached hydrogens (primary N) is 1. The minimum absolute atomic E-state index is 0.160. The van der Waals surface area contributed by atoms with Crippen LogP contribution in [-0.2, 0) is 14.3 Å². The van der Waals surface area contributed by atoms with Crippen LogP contribution in [0.3, 0.4) is 0 Å². The van der Waals surface area contributed by atoms with Gasteiger partial charge in [-0.15, -0.1) is 0 Å². The summed E-state index contributed by atoms with van der Waals surface area (Å²) < 4.78 is 10.7. The van der Waals surface area contributed by atoms with Crippen LogP contribution in [0.1, 0.15) is 52.6 Å². The van der Waals surface area contributed by atoms with Gasteiger partial charge >= 0.3 is 5.97 Å². The Morgan fingerprint density at radius 1 is 1.30 bits per heavy atom. The smallest absolute Gasteiger partial charge is 0.308 e. The number of benzene rings is 1. The first-order valence-corrected chi connectivity index (χ1v) is 7.45. The molecule has 0 spiro atoms. The summed E-state index contributed by atoms with van der Waals surface area (Å²) in [5.74, 6) is -0.360. The van der Waals surface area contributed by atoms with E-state index >= 15 is 0 Å². The molecule has 0 fully saturated rings. The Hall–Kier alpha value is -2.08. The molecule has 0 aliphatic carbocycles. The lowest BCUT2D eigenvalue weighted by Gasteiger charge is -2.21. The molecule has 0 bridgehead atoms. The number of carboxylic acids is 1. The fourth-order valence-electron chi connectivity index (χ4n) is 1.68. The molecular weight excluding hydrogens is 298 g/mol. The Morgan fingerprint density at radius 3 is 2.35 bits per heavy atom. The second-order valence-electron chi connectivity index (χ2n) is 5.92. The first-order chi connectivity index (χ1) is 10.5. The topological polar surface area (TPSA) is 98.9 Å². The Bertz CT molecular complexity index is 504. The van der Waals surface area contributed by atoms with Crippen LogP contribution in [0.4, 0.5) is 0 Å². The third-order valence-corrected chi connectivity index (χ3v) is 2.40. The number of carboxylic acid groups (broad SMARTS) is 1. The number of carbonyl (C=O) groups is 2. The molecule has 0 aromatic heterocycles. The van der Waals surface area contributed by atoms with E-state index in [0.29, 0.717) is 6.61 Å². The maximum Gasteiger partial charge on any atom is 0.308 e. The molecule has 130 valence electrons. The molecule has 0 aliphatic rings. The first kappa shape index (κ1) is 20.9. The second kappa shape index (κ2) is 9.84. The van der Waals surface area contributed by atoms with Gasteiger partial charge in [0.05, 0.1) is 13.0 Å². The summed E-state index contributed by atoms with van der Waals surface area (Å²) in [7, 11) is 0. The molecule has 0 radical (unpaired) electrons. The number of esters is 1. The molecule has 1 rings (SSSR count). The van der Waals surface area contributed by atoms with Crippen molar-refractivity contribution in [3.63, 3.8) is 0 Å². The predicted molar refractivity (Wildman–Crippen MR) is 88.3 cm³/mol. The lowest BCUT2D eigenvalue weighted by molar-refractivity contribution is -0.155. The molecule has 0 saturated carbocycles. The van der Waals surface area contributed by atoms with Gasteiger partial charge in [-0.3, -0.25) is 9.59 Å². The van der Waals surface area contributed by atoms with E-state index in [1.807, 2.05) is 52.0 Å². The van der Waals surface area contributed by atoms with E-state index in [9.17, 15) is 4.79 Å². The van der Waals surface area contributed by atoms with Crippen molar-refractivity contribution in [1.29, 1.82) is 0 Å². The summed E-state index contributed by atoms with van der Waals surface area (Å²) in [5.41, 5.74) is 6.41. The predicted octanol–water partition coefficient (Wildman–Crippen LogP) is 2.91. The number of carbonyl (C=O) groups excluding carboxylic acids is 1. The van der Waals surface area contributed by atoms with E-state index < -0.39 is 11.6 Å². The normalized spacial score (nSPS) is 11.7. The van der Waals surface area contributed by atoms with Gasteiger partial charge in [-0.1, -0.05) is 12.1 Å². The SMILES string of the molecule is CC(=O)O.CCOc1cccc(C(N)CC(=O)OC(C)(C)C)c1. The first-order valence-electron chi connectivity index (χ1n) is 7.45. The highest BCUT2D eigenvalue weighted by atomic mass is 16.6. The van der Waals surface area contributed by atoms with Crippen LogP contribution >= 0.6 is 0 Å². The van der Waals surface area contributed by atoms with Crippen LogP contribution in [0.15, 0.2) is 24.3 Å². The number of ether oxygens (including phenoxy) is 2. The van der Waals surface area contributed by atoms with E-state index in [0.717, 1.165) is 18.2 Å². The van der Waals surface area contributed by atoms with Gasteiger partial charge in [0.1, 0.15) is 11.4 Å². The average molecular weight is 325 g/mol. The van der Waals surface area contributed by atoms with Gasteiger partial charge in [-0.05, 0) is 45.4 Å². The molecule has 6 heteroatoms. The van der Waals surface area contributed by atoms with E-state index in [-0.39, 0.29) is 18.4 Å². The van der Waals surface area contributed by atoms with Crippen molar-refractivity contribution in [3.05, 3.63) is 29.8 Å². The average Bonchev–Trinajstić information content (AvgIpc) is 2.36. The zero-order chi connectivity index (χ0) is 18.0. The largest absolute Gasteiger partial charge is 0.494 e. The van der Waals surface area contributed by atoms with Crippen molar-refractivity contribution in [2.75, 3.05) is 6.61 Å². The van der Waals surface area contributed by atoms with Crippen molar-refractivity contribution >= 4 is 11.9 Å². The van der Waals surface area contributed by atoms with Gasteiger partial charge in [0, 0.05) is 13.0 Å². The molecular formula is C17H27NO5. The highest BCUT2D eigenvalue weighted by Gasteiger charge is 2.19. The highest BCUT2D eigenvalue weighted by Crippen LogP contribution is 2.21. The molecule has 1 unspecified atom stereocenters. The van der Waals surface area contributed by atoms with Crippen molar-refractivity contribution < 1.29 is 24.2 Å². The zero-order valence-electron chi connectivity index (χ0n) is 14.5. The number of aliphatic carboxylic acids is 1. The minimum Gasteiger partial charge on any atom is -0.494 e. The van der Waals surface area contributed by atoms with Crippen LogP contribution in [0.2, 0.25) is 0 Å². The van der Waals surface area contributed by atoms with Gasteiger partial charge in [0.2, 0.25) is 0 Å². The van der Waals surface area contributed by atoms with E-state index in [2.05, 4.69) is 0 Å². The van der Waals surface area contributed by atoms with Crippen LogP contribution < -0.4 is 10.5 Å². The van der Waals surface area contributed by atoms with Crippen molar-refractivity contribution in [2.24, 2.45) is 5.73 Å². The van der Waals surface area contributed by atoms with Crippen molar-refractivity contribution in [3.8, 4) is 5.75 Å². The van der Waals surface area contributed by atoms with Crippen LogP contribution in [-0.4, -0.2) is 29.3 Å². The zero-order valence-corrected chi connectivity index (χ0v) is 14.5. The van der Waals surface area contributed by atoms with Crippen molar-refractivity contribution in [2.45, 2.75) is 52.7 Å². The lowest BCUT2D eigenvalue weighted by atomic mass is 10.0. The van der Waals surface area contributed by atoms with Gasteiger partial charge in [-0.25, -0.2) is 0 Å². The lowest BCUT2D eigenvalue weighted by Crippen LogP contribution is -2.26. The third kappa shape index (κ3) is 11.2. The monoisotopic (exact) mass is 325 g/mol. The number of rotatable bonds is 5. The quantitative estimate of drug-likeness (QED) is 0.808. The molecule has 1 atom stereocenters. The Kier molecular flexibility index (Phi) is 8.95. The van der Waals surface area contributed by atoms with Crippen LogP contribution in [0.25, 0.3) is 0 Å². The van der Waals surface area contributed by atoms with E-state index in [1.165, 1.54) is 0 Å². The van der Waals surface area contributed by atoms with Gasteiger partial charge in [0.25, 0.3) is 5.97 Å². The number of hydrogen-bond donors (Lipinski definition) is 2. The van der Waals surface area contributed by atoms with Crippen molar-refractivity contribution in [1.82, 2.24) is 0 Å². The van der Waals surface area contributed by atoms with Gasteiger partial charge in [0.15, 0.2) is 0 Å². The molecule has 0 saturated heterocycles. The second-order valence-corrected chi connectivity index (χ2v) is 5.92. The van der Waals surface area contributed by atoms with Gasteiger partial charge < -0.3 is 20.3 Å². The molecule has 1 aromatic rings. The van der Waals surface area contributed by atoms with Gasteiger partial charge in [-0.2, -0.15) is 0 Å². The molecule has 0 aliphatic heterocycles. The Balaban J connectivity index is 0.00000108. The summed E-state index contributed by atoms with van der Waals surface area (Å²) in [4.78, 5) is 20.7. The summed E-state index contributed by atoms with van der Waals surface area (Å²) in [5, 5.41) is 7.42. The molecule has 6 nitrogen and oxygen atoms in total. The summed E-state index contributed by atoms with van der Waals surface area (Å²) >= 11 is 0.